The fourth-order valence-electron chi connectivity index (χ4n) is 0.796. The quantitative estimate of drug-likeness (QED) is 0.509. The number of nitrogens with one attached hydrogen (secondary N) is 2. The predicted octanol–water partition coefficient (Wildman–Crippen LogP) is 1.59. The van der Waals surface area contributed by atoms with Gasteiger partial charge in [-0.25, -0.2) is 0 Å². The second-order valence-corrected chi connectivity index (χ2v) is 2.14. The van der Waals surface area contributed by atoms with E-state index in [1.165, 1.54) is 0 Å². The van der Waals surface area contributed by atoms with Crippen molar-refractivity contribution < 1.29 is 0 Å². The lowest BCUT2D eigenvalue weighted by Crippen LogP contribution is -2.13. The van der Waals surface area contributed by atoms with Gasteiger partial charge in [0.2, 0.25) is 0 Å². The second kappa shape index (κ2) is 3.55. The maximum atomic E-state index is 9.67. The van der Waals surface area contributed by atoms with Crippen LogP contribution >= 0.6 is 0 Å². The zero-order valence-electron chi connectivity index (χ0n) is 6.16. The summed E-state index contributed by atoms with van der Waals surface area (Å²) in [4.78, 5) is 9.67. The van der Waals surface area contributed by atoms with Crippen molar-refractivity contribution in [2.24, 2.45) is 5.29 Å². The van der Waals surface area contributed by atoms with Crippen LogP contribution in [-0.2, 0) is 0 Å². The highest BCUT2D eigenvalue weighted by atomic mass is 16.3. The number of anilines is 1. The number of hydrazine groups is 1. The highest BCUT2D eigenvalue weighted by molar-refractivity contribution is 5.49. The Balaban J connectivity index is 2.69. The number of nitroso groups, excluding NO2 is 1. The van der Waals surface area contributed by atoms with E-state index in [4.69, 9.17) is 0 Å². The number of rotatable bonds is 3. The highest BCUT2D eigenvalue weighted by Gasteiger charge is 1.92. The van der Waals surface area contributed by atoms with E-state index in [-0.39, 0.29) is 0 Å². The van der Waals surface area contributed by atoms with Gasteiger partial charge in [0, 0.05) is 0 Å². The van der Waals surface area contributed by atoms with Gasteiger partial charge < -0.3 is 0 Å². The first-order valence-electron chi connectivity index (χ1n) is 3.23. The van der Waals surface area contributed by atoms with Gasteiger partial charge in [0.05, 0.1) is 11.0 Å². The Labute approximate surface area is 64.5 Å². The lowest BCUT2D eigenvalue weighted by atomic mass is 10.2. The van der Waals surface area contributed by atoms with E-state index in [0.29, 0.717) is 0 Å². The Kier molecular flexibility index (Phi) is 2.43. The van der Waals surface area contributed by atoms with Gasteiger partial charge in [-0.2, -0.15) is 5.53 Å². The molecule has 0 radical (unpaired) electrons. The number of hydrogen-bond acceptors (Lipinski definition) is 3. The van der Waals surface area contributed by atoms with Crippen molar-refractivity contribution in [1.29, 1.82) is 0 Å². The summed E-state index contributed by atoms with van der Waals surface area (Å²) in [5, 5.41) is 2.46. The molecule has 0 unspecified atom stereocenters. The maximum Gasteiger partial charge on any atom is 0.0703 e. The first kappa shape index (κ1) is 7.53. The molecular weight excluding hydrogens is 142 g/mol. The smallest absolute Gasteiger partial charge is 0.0703 e. The van der Waals surface area contributed by atoms with Gasteiger partial charge in [0.25, 0.3) is 0 Å². The second-order valence-electron chi connectivity index (χ2n) is 2.14. The molecule has 58 valence electrons. The van der Waals surface area contributed by atoms with Crippen molar-refractivity contribution in [2.75, 3.05) is 5.43 Å². The van der Waals surface area contributed by atoms with E-state index in [9.17, 15) is 4.91 Å². The van der Waals surface area contributed by atoms with Gasteiger partial charge in [-0.15, -0.1) is 4.91 Å². The van der Waals surface area contributed by atoms with Crippen molar-refractivity contribution in [3.8, 4) is 0 Å². The van der Waals surface area contributed by atoms with Crippen LogP contribution in [0.5, 0.6) is 0 Å². The van der Waals surface area contributed by atoms with Crippen LogP contribution < -0.4 is 11.0 Å². The van der Waals surface area contributed by atoms with Crippen molar-refractivity contribution in [3.63, 3.8) is 0 Å². The summed E-state index contributed by atoms with van der Waals surface area (Å²) in [5.41, 5.74) is 6.67. The molecule has 0 aliphatic heterocycles. The molecule has 0 saturated carbocycles. The largest absolute Gasteiger partial charge is 0.282 e. The Hall–Kier alpha value is -1.58. The van der Waals surface area contributed by atoms with E-state index < -0.39 is 0 Å². The Bertz CT molecular complexity index is 249. The van der Waals surface area contributed by atoms with Crippen molar-refractivity contribution >= 4 is 5.69 Å². The average Bonchev–Trinajstić information content (AvgIpc) is 2.03. The van der Waals surface area contributed by atoms with Crippen LogP contribution in [0.15, 0.2) is 29.6 Å². The molecule has 0 aliphatic carbocycles. The van der Waals surface area contributed by atoms with Crippen LogP contribution in [0.2, 0.25) is 0 Å². The van der Waals surface area contributed by atoms with Gasteiger partial charge in [-0.3, -0.25) is 5.43 Å². The predicted molar refractivity (Wildman–Crippen MR) is 43.7 cm³/mol. The Morgan fingerprint density at radius 1 is 1.36 bits per heavy atom. The van der Waals surface area contributed by atoms with E-state index >= 15 is 0 Å². The van der Waals surface area contributed by atoms with Crippen LogP contribution in [0, 0.1) is 11.8 Å². The van der Waals surface area contributed by atoms with Gasteiger partial charge in [0.1, 0.15) is 0 Å². The first-order chi connectivity index (χ1) is 5.34. The summed E-state index contributed by atoms with van der Waals surface area (Å²) in [6, 6.07) is 7.60. The molecule has 0 atom stereocenters. The molecule has 1 aromatic rings. The summed E-state index contributed by atoms with van der Waals surface area (Å²) >= 11 is 0. The number of nitrogens with zero attached hydrogens (tertiary/aromatic N) is 1. The topological polar surface area (TPSA) is 53.5 Å². The molecule has 0 spiro atoms. The lowest BCUT2D eigenvalue weighted by molar-refractivity contribution is 0.865. The molecule has 0 amide bonds. The maximum absolute atomic E-state index is 9.67. The Morgan fingerprint density at radius 2 is 2.09 bits per heavy atom. The minimum absolute atomic E-state index is 0.854. The van der Waals surface area contributed by atoms with Gasteiger partial charge in [-0.05, 0) is 18.6 Å². The minimum Gasteiger partial charge on any atom is -0.282 e. The molecule has 1 aromatic carbocycles. The number of para-hydroxylation sites is 1. The monoisotopic (exact) mass is 151 g/mol. The van der Waals surface area contributed by atoms with Crippen LogP contribution in [0.1, 0.15) is 5.56 Å². The molecule has 0 aliphatic rings. The fourth-order valence-corrected chi connectivity index (χ4v) is 0.796. The van der Waals surface area contributed by atoms with Crippen LogP contribution in [0.3, 0.4) is 0 Å². The SMILES string of the molecule is Cc1ccccc1NNN=O. The lowest BCUT2D eigenvalue weighted by Gasteiger charge is -2.04. The molecule has 4 nitrogen and oxygen atoms in total. The summed E-state index contributed by atoms with van der Waals surface area (Å²) in [6.45, 7) is 1.94. The normalized spacial score (nSPS) is 8.82. The Morgan fingerprint density at radius 3 is 2.73 bits per heavy atom. The molecule has 0 heterocycles. The van der Waals surface area contributed by atoms with Gasteiger partial charge in [-0.1, -0.05) is 18.2 Å². The minimum atomic E-state index is 0.854. The highest BCUT2D eigenvalue weighted by Crippen LogP contribution is 2.11. The van der Waals surface area contributed by atoms with Crippen molar-refractivity contribution in [3.05, 3.63) is 34.7 Å². The standard InChI is InChI=1S/C7H9N3O/c1-6-4-2-3-5-7(6)8-9-10-11/h2-5H,1H3,(H,8,10)(H,9,11). The van der Waals surface area contributed by atoms with Crippen molar-refractivity contribution in [1.82, 2.24) is 5.53 Å². The number of hydrogen-bond donors (Lipinski definition) is 2. The van der Waals surface area contributed by atoms with E-state index in [1.807, 2.05) is 31.2 Å². The van der Waals surface area contributed by atoms with Crippen molar-refractivity contribution in [2.45, 2.75) is 6.92 Å². The molecule has 4 heteroatoms. The molecule has 0 bridgehead atoms. The molecule has 0 saturated heterocycles. The van der Waals surface area contributed by atoms with E-state index in [1.54, 1.807) is 0 Å². The van der Waals surface area contributed by atoms with Crippen LogP contribution in [-0.4, -0.2) is 0 Å². The van der Waals surface area contributed by atoms with E-state index in [0.717, 1.165) is 11.3 Å². The zero-order chi connectivity index (χ0) is 8.10. The van der Waals surface area contributed by atoms with Gasteiger partial charge in [0.15, 0.2) is 0 Å². The van der Waals surface area contributed by atoms with E-state index in [2.05, 4.69) is 16.2 Å². The summed E-state index contributed by atoms with van der Waals surface area (Å²) in [7, 11) is 0. The van der Waals surface area contributed by atoms with Crippen LogP contribution in [0.4, 0.5) is 5.69 Å². The third-order valence-electron chi connectivity index (χ3n) is 1.38. The summed E-state index contributed by atoms with van der Waals surface area (Å²) in [6.07, 6.45) is 0. The molecule has 0 aromatic heterocycles. The first-order valence-corrected chi connectivity index (χ1v) is 3.23. The molecular formula is C7H9N3O. The number of aryl methyl sites for hydroxylation is 1. The molecule has 0 fully saturated rings. The molecule has 1 rings (SSSR count). The van der Waals surface area contributed by atoms with Gasteiger partial charge >= 0.3 is 0 Å². The third kappa shape index (κ3) is 1.93. The third-order valence-corrected chi connectivity index (χ3v) is 1.38. The molecule has 2 N–H and O–H groups in total. The molecule has 11 heavy (non-hydrogen) atoms. The summed E-state index contributed by atoms with van der Waals surface area (Å²) in [5.74, 6) is 0. The summed E-state index contributed by atoms with van der Waals surface area (Å²) < 4.78 is 0. The fraction of sp³-hybridized carbons (Fsp3) is 0.143. The number of benzene rings is 1. The van der Waals surface area contributed by atoms with Crippen LogP contribution in [0.25, 0.3) is 0 Å². The average molecular weight is 151 g/mol. The zero-order valence-corrected chi connectivity index (χ0v) is 6.16.